The molecule has 1 aliphatic rings. The molecule has 1 aliphatic heterocycles. The van der Waals surface area contributed by atoms with Crippen LogP contribution in [0.25, 0.3) is 0 Å². The van der Waals surface area contributed by atoms with E-state index in [1.807, 2.05) is 4.90 Å². The highest BCUT2D eigenvalue weighted by Crippen LogP contribution is 2.20. The van der Waals surface area contributed by atoms with Gasteiger partial charge in [0.15, 0.2) is 0 Å². The summed E-state index contributed by atoms with van der Waals surface area (Å²) in [5.74, 6) is -0.671. The number of piperazine rings is 1. The lowest BCUT2D eigenvalue weighted by Crippen LogP contribution is -2.50. The molecule has 1 fully saturated rings. The average Bonchev–Trinajstić information content (AvgIpc) is 2.68. The Bertz CT molecular complexity index is 885. The van der Waals surface area contributed by atoms with E-state index in [1.165, 1.54) is 46.8 Å². The average molecular weight is 412 g/mol. The van der Waals surface area contributed by atoms with Gasteiger partial charge in [0.1, 0.15) is 35.0 Å². The number of hydrogen-bond acceptors (Lipinski definition) is 5. The van der Waals surface area contributed by atoms with E-state index in [9.17, 15) is 22.3 Å². The van der Waals surface area contributed by atoms with Gasteiger partial charge in [-0.25, -0.2) is 17.2 Å². The number of aliphatic hydroxyl groups excluding tert-OH is 1. The summed E-state index contributed by atoms with van der Waals surface area (Å²) in [6.45, 7) is 1.61. The van der Waals surface area contributed by atoms with E-state index in [2.05, 4.69) is 0 Å². The Hall–Kier alpha value is -2.07. The smallest absolute Gasteiger partial charge is 0.246 e. The third-order valence-electron chi connectivity index (χ3n) is 4.51. The van der Waals surface area contributed by atoms with Crippen LogP contribution >= 0.6 is 0 Å². The second-order valence-corrected chi connectivity index (χ2v) is 8.46. The van der Waals surface area contributed by atoms with Gasteiger partial charge < -0.3 is 9.84 Å². The summed E-state index contributed by atoms with van der Waals surface area (Å²) in [6, 6.07) is 10.8. The minimum atomic E-state index is -3.88. The maximum Gasteiger partial charge on any atom is 0.246 e. The quantitative estimate of drug-likeness (QED) is 0.750. The third-order valence-corrected chi connectivity index (χ3v) is 6.44. The fraction of sp³-hybridized carbons (Fsp3) is 0.368. The SMILES string of the molecule is O=S(=O)(c1ccccc1F)N1CCN(C[C@@H](O)COc2ccc(F)cc2)CC1. The summed E-state index contributed by atoms with van der Waals surface area (Å²) in [5.41, 5.74) is 0. The summed E-state index contributed by atoms with van der Waals surface area (Å²) in [4.78, 5) is 1.60. The van der Waals surface area contributed by atoms with E-state index >= 15 is 0 Å². The number of aliphatic hydroxyl groups is 1. The van der Waals surface area contributed by atoms with E-state index in [4.69, 9.17) is 4.74 Å². The first-order valence-electron chi connectivity index (χ1n) is 8.90. The minimum absolute atomic E-state index is 0.0410. The third kappa shape index (κ3) is 5.05. The molecule has 1 heterocycles. The summed E-state index contributed by atoms with van der Waals surface area (Å²) >= 11 is 0. The Morgan fingerprint density at radius 2 is 1.64 bits per heavy atom. The van der Waals surface area contributed by atoms with E-state index in [0.717, 1.165) is 6.07 Å². The zero-order chi connectivity index (χ0) is 20.1. The second kappa shape index (κ2) is 8.95. The summed E-state index contributed by atoms with van der Waals surface area (Å²) < 4.78 is 58.6. The molecule has 0 bridgehead atoms. The van der Waals surface area contributed by atoms with Crippen molar-refractivity contribution in [3.05, 3.63) is 60.2 Å². The number of benzene rings is 2. The first kappa shape index (κ1) is 20.7. The van der Waals surface area contributed by atoms with Crippen LogP contribution in [0.2, 0.25) is 0 Å². The molecule has 9 heteroatoms. The van der Waals surface area contributed by atoms with Crippen LogP contribution in [0.4, 0.5) is 8.78 Å². The van der Waals surface area contributed by atoms with Gasteiger partial charge in [-0.3, -0.25) is 4.90 Å². The molecule has 0 spiro atoms. The van der Waals surface area contributed by atoms with E-state index in [0.29, 0.717) is 25.4 Å². The maximum absolute atomic E-state index is 13.9. The molecule has 2 aromatic rings. The van der Waals surface area contributed by atoms with Gasteiger partial charge in [0.25, 0.3) is 0 Å². The molecular formula is C19H22F2N2O4S. The predicted octanol–water partition coefficient (Wildman–Crippen LogP) is 1.71. The highest BCUT2D eigenvalue weighted by atomic mass is 32.2. The van der Waals surface area contributed by atoms with Gasteiger partial charge >= 0.3 is 0 Å². The number of rotatable bonds is 7. The van der Waals surface area contributed by atoms with Crippen molar-refractivity contribution in [3.8, 4) is 5.75 Å². The Morgan fingerprint density at radius 1 is 1.00 bits per heavy atom. The van der Waals surface area contributed by atoms with Crippen molar-refractivity contribution < 1.29 is 27.0 Å². The molecular weight excluding hydrogens is 390 g/mol. The summed E-state index contributed by atoms with van der Waals surface area (Å²) in [7, 11) is -3.88. The zero-order valence-electron chi connectivity index (χ0n) is 15.2. The number of β-amino-alcohol motifs (C(OH)–C–C–N with tert-alkyl or cyclic N) is 1. The molecule has 0 aromatic heterocycles. The number of halogens is 2. The van der Waals surface area contributed by atoms with Gasteiger partial charge in [-0.15, -0.1) is 0 Å². The van der Waals surface area contributed by atoms with E-state index in [-0.39, 0.29) is 30.4 Å². The molecule has 0 amide bonds. The molecule has 1 saturated heterocycles. The second-order valence-electron chi connectivity index (χ2n) is 6.55. The van der Waals surface area contributed by atoms with Crippen LogP contribution in [0.1, 0.15) is 0 Å². The monoisotopic (exact) mass is 412 g/mol. The molecule has 2 aromatic carbocycles. The van der Waals surface area contributed by atoms with Gasteiger partial charge in [0.05, 0.1) is 0 Å². The lowest BCUT2D eigenvalue weighted by atomic mass is 10.3. The van der Waals surface area contributed by atoms with Crippen molar-refractivity contribution in [3.63, 3.8) is 0 Å². The van der Waals surface area contributed by atoms with Crippen LogP contribution < -0.4 is 4.74 Å². The topological polar surface area (TPSA) is 70.1 Å². The number of hydrogen-bond donors (Lipinski definition) is 1. The number of nitrogens with zero attached hydrogens (tertiary/aromatic N) is 2. The predicted molar refractivity (Wildman–Crippen MR) is 99.5 cm³/mol. The van der Waals surface area contributed by atoms with Crippen LogP contribution in [-0.4, -0.2) is 68.2 Å². The van der Waals surface area contributed by atoms with Crippen LogP contribution in [0.3, 0.4) is 0 Å². The van der Waals surface area contributed by atoms with Crippen molar-refractivity contribution >= 4 is 10.0 Å². The fourth-order valence-corrected chi connectivity index (χ4v) is 4.51. The van der Waals surface area contributed by atoms with Crippen molar-refractivity contribution in [1.29, 1.82) is 0 Å². The van der Waals surface area contributed by atoms with Crippen molar-refractivity contribution in [2.75, 3.05) is 39.3 Å². The molecule has 0 saturated carbocycles. The molecule has 1 N–H and O–H groups in total. The lowest BCUT2D eigenvalue weighted by Gasteiger charge is -2.34. The van der Waals surface area contributed by atoms with Gasteiger partial charge in [-0.2, -0.15) is 4.31 Å². The standard InChI is InChI=1S/C19H22F2N2O4S/c20-15-5-7-17(8-6-15)27-14-16(24)13-22-9-11-23(12-10-22)28(25,26)19-4-2-1-3-18(19)21/h1-8,16,24H,9-14H2/t16-/m1/s1. The van der Waals surface area contributed by atoms with Gasteiger partial charge in [-0.05, 0) is 36.4 Å². The Balaban J connectivity index is 1.48. The van der Waals surface area contributed by atoms with Gasteiger partial charge in [0, 0.05) is 32.7 Å². The molecule has 0 radical (unpaired) electrons. The first-order valence-corrected chi connectivity index (χ1v) is 10.3. The Kier molecular flexibility index (Phi) is 6.61. The number of sulfonamides is 1. The molecule has 152 valence electrons. The number of ether oxygens (including phenoxy) is 1. The molecule has 0 unspecified atom stereocenters. The van der Waals surface area contributed by atoms with Crippen LogP contribution in [0.15, 0.2) is 53.4 Å². The molecule has 3 rings (SSSR count). The fourth-order valence-electron chi connectivity index (χ4n) is 3.02. The molecule has 6 nitrogen and oxygen atoms in total. The van der Waals surface area contributed by atoms with Crippen LogP contribution in [0.5, 0.6) is 5.75 Å². The van der Waals surface area contributed by atoms with Gasteiger partial charge in [0.2, 0.25) is 10.0 Å². The molecule has 0 aliphatic carbocycles. The summed E-state index contributed by atoms with van der Waals surface area (Å²) in [6.07, 6.45) is -0.778. The van der Waals surface area contributed by atoms with Crippen molar-refractivity contribution in [2.45, 2.75) is 11.0 Å². The highest BCUT2D eigenvalue weighted by Gasteiger charge is 2.30. The zero-order valence-corrected chi connectivity index (χ0v) is 16.0. The lowest BCUT2D eigenvalue weighted by molar-refractivity contribution is 0.0568. The first-order chi connectivity index (χ1) is 13.4. The molecule has 28 heavy (non-hydrogen) atoms. The van der Waals surface area contributed by atoms with E-state index in [1.54, 1.807) is 0 Å². The normalized spacial score (nSPS) is 17.4. The van der Waals surface area contributed by atoms with Crippen molar-refractivity contribution in [2.24, 2.45) is 0 Å². The molecule has 1 atom stereocenters. The van der Waals surface area contributed by atoms with E-state index < -0.39 is 21.9 Å². The summed E-state index contributed by atoms with van der Waals surface area (Å²) in [5, 5.41) is 10.1. The van der Waals surface area contributed by atoms with Crippen LogP contribution in [-0.2, 0) is 10.0 Å². The Labute approximate surface area is 163 Å². The minimum Gasteiger partial charge on any atom is -0.491 e. The van der Waals surface area contributed by atoms with Gasteiger partial charge in [-0.1, -0.05) is 12.1 Å². The Morgan fingerprint density at radius 3 is 2.29 bits per heavy atom. The van der Waals surface area contributed by atoms with Crippen LogP contribution in [0, 0.1) is 11.6 Å². The highest BCUT2D eigenvalue weighted by molar-refractivity contribution is 7.89. The largest absolute Gasteiger partial charge is 0.491 e. The van der Waals surface area contributed by atoms with Crippen molar-refractivity contribution in [1.82, 2.24) is 9.21 Å². The maximum atomic E-state index is 13.9.